The van der Waals surface area contributed by atoms with Crippen molar-refractivity contribution >= 4 is 18.1 Å². The van der Waals surface area contributed by atoms with Crippen molar-refractivity contribution in [1.29, 1.82) is 0 Å². The Labute approximate surface area is 166 Å². The number of aryl methyl sites for hydroxylation is 2. The fourth-order valence-electron chi connectivity index (χ4n) is 3.46. The van der Waals surface area contributed by atoms with E-state index in [4.69, 9.17) is 4.52 Å². The summed E-state index contributed by atoms with van der Waals surface area (Å²) < 4.78 is 9.04. The maximum absolute atomic E-state index is 5.40. The topological polar surface area (TPSA) is 112 Å². The van der Waals surface area contributed by atoms with Crippen LogP contribution in [0.4, 0.5) is 0 Å². The summed E-state index contributed by atoms with van der Waals surface area (Å²) in [4.78, 5) is 13.4. The molecule has 0 saturated carbocycles. The third-order valence-corrected chi connectivity index (χ3v) is 4.79. The number of hydrogen-bond donors (Lipinski definition) is 1. The molecule has 0 amide bonds. The molecule has 0 spiro atoms. The number of fused-ring (bicyclic) bond motifs is 1. The second-order valence-electron chi connectivity index (χ2n) is 6.80. The Morgan fingerprint density at radius 2 is 2.11 bits per heavy atom. The van der Waals surface area contributed by atoms with Gasteiger partial charge in [0.25, 0.3) is 5.89 Å². The maximum Gasteiger partial charge on any atom is 0.297 e. The van der Waals surface area contributed by atoms with Crippen LogP contribution in [0.15, 0.2) is 23.1 Å². The Hall–Kier alpha value is -2.85. The van der Waals surface area contributed by atoms with Gasteiger partial charge in [-0.25, -0.2) is 19.2 Å². The van der Waals surface area contributed by atoms with Crippen molar-refractivity contribution in [2.75, 3.05) is 13.1 Å². The van der Waals surface area contributed by atoms with Crippen molar-refractivity contribution in [3.8, 4) is 23.1 Å². The Morgan fingerprint density at radius 3 is 2.93 bits per heavy atom. The first-order chi connectivity index (χ1) is 13.2. The van der Waals surface area contributed by atoms with Gasteiger partial charge in [-0.15, -0.1) is 17.5 Å². The van der Waals surface area contributed by atoms with Gasteiger partial charge >= 0.3 is 0 Å². The SMILES string of the molecule is Cc1cc(C)n2ncc(-c3noc(-c4ncn(C5CCCNC5)n4)n3)c2n1.Cl. The summed E-state index contributed by atoms with van der Waals surface area (Å²) in [6.45, 7) is 5.88. The fourth-order valence-corrected chi connectivity index (χ4v) is 3.46. The molecule has 0 radical (unpaired) electrons. The monoisotopic (exact) mass is 401 g/mol. The Bertz CT molecular complexity index is 1110. The van der Waals surface area contributed by atoms with Gasteiger partial charge < -0.3 is 9.84 Å². The van der Waals surface area contributed by atoms with Gasteiger partial charge in [-0.05, 0) is 39.3 Å². The lowest BCUT2D eigenvalue weighted by Crippen LogP contribution is -2.31. The second kappa shape index (κ2) is 7.28. The number of piperidine rings is 1. The predicted molar refractivity (Wildman–Crippen MR) is 103 cm³/mol. The molecule has 1 aliphatic rings. The lowest BCUT2D eigenvalue weighted by atomic mass is 10.1. The molecule has 10 nitrogen and oxygen atoms in total. The minimum Gasteiger partial charge on any atom is -0.330 e. The van der Waals surface area contributed by atoms with Crippen molar-refractivity contribution in [2.45, 2.75) is 32.7 Å². The van der Waals surface area contributed by atoms with Crippen LogP contribution in [0.25, 0.3) is 28.8 Å². The molecule has 1 unspecified atom stereocenters. The summed E-state index contributed by atoms with van der Waals surface area (Å²) in [6.07, 6.45) is 5.63. The van der Waals surface area contributed by atoms with E-state index in [0.717, 1.165) is 37.3 Å². The molecule has 5 rings (SSSR count). The highest BCUT2D eigenvalue weighted by Gasteiger charge is 2.21. The molecule has 28 heavy (non-hydrogen) atoms. The van der Waals surface area contributed by atoms with E-state index in [-0.39, 0.29) is 18.3 Å². The molecule has 11 heteroatoms. The highest BCUT2D eigenvalue weighted by molar-refractivity contribution is 5.85. The molecule has 1 aliphatic heterocycles. The van der Waals surface area contributed by atoms with Gasteiger partial charge in [-0.3, -0.25) is 0 Å². The van der Waals surface area contributed by atoms with Gasteiger partial charge in [0.05, 0.1) is 17.8 Å². The first-order valence-corrected chi connectivity index (χ1v) is 8.97. The Kier molecular flexibility index (Phi) is 4.82. The third-order valence-electron chi connectivity index (χ3n) is 4.79. The van der Waals surface area contributed by atoms with Crippen molar-refractivity contribution in [3.63, 3.8) is 0 Å². The summed E-state index contributed by atoms with van der Waals surface area (Å²) in [5, 5.41) is 16.4. The largest absolute Gasteiger partial charge is 0.330 e. The van der Waals surface area contributed by atoms with Crippen LogP contribution in [0.3, 0.4) is 0 Å². The van der Waals surface area contributed by atoms with Gasteiger partial charge in [0.2, 0.25) is 11.6 Å². The number of hydrogen-bond acceptors (Lipinski definition) is 8. The summed E-state index contributed by atoms with van der Waals surface area (Å²) in [5.74, 6) is 1.14. The molecular formula is C17H20ClN9O. The number of rotatable bonds is 3. The van der Waals surface area contributed by atoms with Crippen LogP contribution in [0.2, 0.25) is 0 Å². The van der Waals surface area contributed by atoms with Gasteiger partial charge in [0, 0.05) is 17.9 Å². The van der Waals surface area contributed by atoms with Gasteiger partial charge in [0.1, 0.15) is 6.33 Å². The molecule has 1 fully saturated rings. The van der Waals surface area contributed by atoms with Crippen LogP contribution in [-0.4, -0.2) is 52.6 Å². The van der Waals surface area contributed by atoms with E-state index in [1.54, 1.807) is 17.0 Å². The molecule has 146 valence electrons. The van der Waals surface area contributed by atoms with Crippen LogP contribution in [0.1, 0.15) is 30.3 Å². The molecular weight excluding hydrogens is 382 g/mol. The average molecular weight is 402 g/mol. The second-order valence-corrected chi connectivity index (χ2v) is 6.80. The van der Waals surface area contributed by atoms with Crippen LogP contribution in [0.5, 0.6) is 0 Å². The number of aromatic nitrogens is 8. The normalized spacial score (nSPS) is 17.0. The van der Waals surface area contributed by atoms with Crippen molar-refractivity contribution in [2.24, 2.45) is 0 Å². The van der Waals surface area contributed by atoms with Crippen molar-refractivity contribution in [3.05, 3.63) is 30.0 Å². The lowest BCUT2D eigenvalue weighted by molar-refractivity contribution is 0.345. The van der Waals surface area contributed by atoms with Crippen molar-refractivity contribution in [1.82, 2.24) is 44.8 Å². The van der Waals surface area contributed by atoms with Crippen LogP contribution < -0.4 is 5.32 Å². The Balaban J connectivity index is 0.00000192. The van der Waals surface area contributed by atoms with Crippen LogP contribution in [0, 0.1) is 13.8 Å². The van der Waals surface area contributed by atoms with Gasteiger partial charge in [0.15, 0.2) is 5.65 Å². The summed E-state index contributed by atoms with van der Waals surface area (Å²) >= 11 is 0. The van der Waals surface area contributed by atoms with E-state index >= 15 is 0 Å². The van der Waals surface area contributed by atoms with Crippen molar-refractivity contribution < 1.29 is 4.52 Å². The minimum atomic E-state index is 0. The zero-order chi connectivity index (χ0) is 18.4. The molecule has 0 aromatic carbocycles. The Morgan fingerprint density at radius 1 is 1.21 bits per heavy atom. The standard InChI is InChI=1S/C17H19N9O.ClH/c1-10-6-11(2)26-16(21-10)13(8-20-26)14-22-17(27-24-14)15-19-9-25(23-15)12-4-3-5-18-7-12;/h6,8-9,12,18H,3-5,7H2,1-2H3;1H. The molecule has 1 atom stereocenters. The molecule has 1 N–H and O–H groups in total. The van der Waals surface area contributed by atoms with E-state index in [0.29, 0.717) is 28.9 Å². The quantitative estimate of drug-likeness (QED) is 0.554. The summed E-state index contributed by atoms with van der Waals surface area (Å²) in [6, 6.07) is 2.28. The zero-order valence-electron chi connectivity index (χ0n) is 15.5. The molecule has 5 heterocycles. The lowest BCUT2D eigenvalue weighted by Gasteiger charge is -2.22. The molecule has 0 bridgehead atoms. The zero-order valence-corrected chi connectivity index (χ0v) is 16.3. The maximum atomic E-state index is 5.40. The molecule has 0 aliphatic carbocycles. The van der Waals surface area contributed by atoms with E-state index in [1.807, 2.05) is 24.6 Å². The highest BCUT2D eigenvalue weighted by Crippen LogP contribution is 2.24. The smallest absolute Gasteiger partial charge is 0.297 e. The molecule has 4 aromatic rings. The van der Waals surface area contributed by atoms with E-state index in [2.05, 4.69) is 35.6 Å². The first-order valence-electron chi connectivity index (χ1n) is 8.97. The van der Waals surface area contributed by atoms with E-state index in [1.165, 1.54) is 0 Å². The first kappa shape index (κ1) is 18.5. The van der Waals surface area contributed by atoms with Gasteiger partial charge in [-0.1, -0.05) is 5.16 Å². The van der Waals surface area contributed by atoms with Crippen LogP contribution in [-0.2, 0) is 0 Å². The predicted octanol–water partition coefficient (Wildman–Crippen LogP) is 2.00. The number of nitrogens with zero attached hydrogens (tertiary/aromatic N) is 8. The summed E-state index contributed by atoms with van der Waals surface area (Å²) in [7, 11) is 0. The fraction of sp³-hybridized carbons (Fsp3) is 0.412. The van der Waals surface area contributed by atoms with Gasteiger partial charge in [-0.2, -0.15) is 10.1 Å². The number of halogens is 1. The average Bonchev–Trinajstić information content (AvgIpc) is 3.41. The highest BCUT2D eigenvalue weighted by atomic mass is 35.5. The molecule has 1 saturated heterocycles. The molecule has 4 aromatic heterocycles. The minimum absolute atomic E-state index is 0. The van der Waals surface area contributed by atoms with Crippen LogP contribution >= 0.6 is 12.4 Å². The van der Waals surface area contributed by atoms with E-state index in [9.17, 15) is 0 Å². The third kappa shape index (κ3) is 3.14. The summed E-state index contributed by atoms with van der Waals surface area (Å²) in [5.41, 5.74) is 3.32. The number of nitrogens with one attached hydrogen (secondary N) is 1. The van der Waals surface area contributed by atoms with E-state index < -0.39 is 0 Å².